The van der Waals surface area contributed by atoms with E-state index in [2.05, 4.69) is 15.0 Å². The van der Waals surface area contributed by atoms with E-state index in [0.29, 0.717) is 16.4 Å². The Balaban J connectivity index is 2.53. The topological polar surface area (TPSA) is 82.6 Å². The highest BCUT2D eigenvalue weighted by atomic mass is 32.2. The number of hydrogen-bond donors (Lipinski definition) is 1. The average Bonchev–Trinajstić information content (AvgIpc) is 2.61. The van der Waals surface area contributed by atoms with Gasteiger partial charge >= 0.3 is 0 Å². The number of benzene rings is 1. The zero-order chi connectivity index (χ0) is 18.6. The van der Waals surface area contributed by atoms with E-state index in [0.717, 1.165) is 6.07 Å². The third kappa shape index (κ3) is 4.05. The van der Waals surface area contributed by atoms with Crippen LogP contribution in [0, 0.1) is 11.6 Å². The summed E-state index contributed by atoms with van der Waals surface area (Å²) in [6.45, 7) is 1.75. The van der Waals surface area contributed by atoms with Crippen LogP contribution in [0.15, 0.2) is 22.4 Å². The van der Waals surface area contributed by atoms with Gasteiger partial charge in [0.25, 0.3) is 0 Å². The van der Waals surface area contributed by atoms with E-state index in [9.17, 15) is 8.78 Å². The summed E-state index contributed by atoms with van der Waals surface area (Å²) in [5.74, 6) is -2.21. The molecule has 0 amide bonds. The third-order valence-electron chi connectivity index (χ3n) is 3.32. The van der Waals surface area contributed by atoms with Gasteiger partial charge in [0.1, 0.15) is 5.69 Å². The van der Waals surface area contributed by atoms with Crippen LogP contribution >= 0.6 is 11.8 Å². The molecule has 0 bridgehead atoms. The van der Waals surface area contributed by atoms with Crippen molar-refractivity contribution < 1.29 is 18.3 Å². The summed E-state index contributed by atoms with van der Waals surface area (Å²) in [5, 5.41) is 0.546. The summed E-state index contributed by atoms with van der Waals surface area (Å²) >= 11 is 1.36. The molecular formula is C16H18F2N4O2S. The Morgan fingerprint density at radius 1 is 1.24 bits per heavy atom. The Kier molecular flexibility index (Phi) is 6.27. The van der Waals surface area contributed by atoms with Crippen LogP contribution < -0.4 is 15.2 Å². The van der Waals surface area contributed by atoms with E-state index in [1.165, 1.54) is 38.4 Å². The van der Waals surface area contributed by atoms with Crippen molar-refractivity contribution in [1.29, 1.82) is 0 Å². The summed E-state index contributed by atoms with van der Waals surface area (Å²) in [6, 6.07) is 0.720. The van der Waals surface area contributed by atoms with Crippen LogP contribution in [0.1, 0.15) is 24.2 Å². The summed E-state index contributed by atoms with van der Waals surface area (Å²) < 4.78 is 38.4. The fourth-order valence-corrected chi connectivity index (χ4v) is 2.42. The van der Waals surface area contributed by atoms with Gasteiger partial charge in [-0.2, -0.15) is 0 Å². The molecule has 0 aliphatic carbocycles. The summed E-state index contributed by atoms with van der Waals surface area (Å²) in [6.07, 6.45) is 4.61. The van der Waals surface area contributed by atoms with Gasteiger partial charge < -0.3 is 15.2 Å². The van der Waals surface area contributed by atoms with Gasteiger partial charge in [-0.25, -0.2) is 23.7 Å². The number of rotatable bonds is 6. The second-order valence-electron chi connectivity index (χ2n) is 5.00. The SMILES string of the molecule is COc1cc(OC)c(F)c(N=Cc2cnc(SC)nc2C(C)N)c1F. The summed E-state index contributed by atoms with van der Waals surface area (Å²) in [7, 11) is 2.54. The van der Waals surface area contributed by atoms with Crippen molar-refractivity contribution in [3.05, 3.63) is 35.2 Å². The third-order valence-corrected chi connectivity index (χ3v) is 3.88. The van der Waals surface area contributed by atoms with E-state index >= 15 is 0 Å². The number of aliphatic imine (C=N–C) groups is 1. The molecule has 0 aliphatic heterocycles. The predicted octanol–water partition coefficient (Wildman–Crippen LogP) is 3.26. The molecule has 6 nitrogen and oxygen atoms in total. The molecule has 0 radical (unpaired) electrons. The van der Waals surface area contributed by atoms with E-state index in [4.69, 9.17) is 15.2 Å². The molecule has 0 spiro atoms. The minimum absolute atomic E-state index is 0.174. The number of nitrogens with zero attached hydrogens (tertiary/aromatic N) is 3. The molecule has 1 aromatic carbocycles. The van der Waals surface area contributed by atoms with Gasteiger partial charge in [0.15, 0.2) is 28.3 Å². The second kappa shape index (κ2) is 8.21. The van der Waals surface area contributed by atoms with Crippen LogP contribution in [0.2, 0.25) is 0 Å². The normalized spacial score (nSPS) is 12.4. The maximum Gasteiger partial charge on any atom is 0.193 e. The minimum Gasteiger partial charge on any atom is -0.493 e. The number of hydrogen-bond acceptors (Lipinski definition) is 7. The van der Waals surface area contributed by atoms with E-state index in [1.54, 1.807) is 6.92 Å². The molecule has 0 fully saturated rings. The molecule has 1 unspecified atom stereocenters. The maximum atomic E-state index is 14.3. The van der Waals surface area contributed by atoms with Gasteiger partial charge in [0.05, 0.1) is 19.9 Å². The van der Waals surface area contributed by atoms with E-state index < -0.39 is 23.4 Å². The molecule has 2 aromatic rings. The highest BCUT2D eigenvalue weighted by Crippen LogP contribution is 2.36. The van der Waals surface area contributed by atoms with Crippen molar-refractivity contribution in [2.45, 2.75) is 18.1 Å². The van der Waals surface area contributed by atoms with Crippen LogP contribution in [-0.4, -0.2) is 36.7 Å². The Bertz CT molecular complexity index is 772. The number of halogens is 2. The van der Waals surface area contributed by atoms with Gasteiger partial charge in [-0.05, 0) is 13.2 Å². The quantitative estimate of drug-likeness (QED) is 0.479. The highest BCUT2D eigenvalue weighted by molar-refractivity contribution is 7.98. The molecule has 0 saturated heterocycles. The molecule has 25 heavy (non-hydrogen) atoms. The fourth-order valence-electron chi connectivity index (χ4n) is 2.07. The molecule has 2 rings (SSSR count). The highest BCUT2D eigenvalue weighted by Gasteiger charge is 2.19. The van der Waals surface area contributed by atoms with Crippen LogP contribution in [0.25, 0.3) is 0 Å². The van der Waals surface area contributed by atoms with Crippen molar-refractivity contribution >= 4 is 23.7 Å². The van der Waals surface area contributed by atoms with E-state index in [-0.39, 0.29) is 11.5 Å². The standard InChI is InChI=1S/C16H18F2N4O2S/c1-8(19)14-9(7-21-16(22-14)25-4)6-20-15-12(17)10(23-2)5-11(24-3)13(15)18/h5-8H,19H2,1-4H3. The number of aromatic nitrogens is 2. The van der Waals surface area contributed by atoms with Gasteiger partial charge in [-0.1, -0.05) is 11.8 Å². The van der Waals surface area contributed by atoms with E-state index in [1.807, 2.05) is 6.26 Å². The lowest BCUT2D eigenvalue weighted by molar-refractivity contribution is 0.359. The first-order chi connectivity index (χ1) is 11.9. The second-order valence-corrected chi connectivity index (χ2v) is 5.78. The Hall–Kier alpha value is -2.26. The molecule has 9 heteroatoms. The molecule has 0 aliphatic rings. The number of methoxy groups -OCH3 is 2. The lowest BCUT2D eigenvalue weighted by atomic mass is 10.1. The number of ether oxygens (including phenoxy) is 2. The summed E-state index contributed by atoms with van der Waals surface area (Å²) in [5.41, 5.74) is 6.37. The predicted molar refractivity (Wildman–Crippen MR) is 93.1 cm³/mol. The lowest BCUT2D eigenvalue weighted by Gasteiger charge is -2.11. The summed E-state index contributed by atoms with van der Waals surface area (Å²) in [4.78, 5) is 12.4. The molecule has 1 aromatic heterocycles. The first-order valence-corrected chi connectivity index (χ1v) is 8.45. The minimum atomic E-state index is -0.930. The number of thioether (sulfide) groups is 1. The van der Waals surface area contributed by atoms with Crippen LogP contribution in [-0.2, 0) is 0 Å². The lowest BCUT2D eigenvalue weighted by Crippen LogP contribution is -2.12. The van der Waals surface area contributed by atoms with Gasteiger partial charge in [-0.15, -0.1) is 0 Å². The first kappa shape index (κ1) is 19.1. The van der Waals surface area contributed by atoms with Crippen LogP contribution in [0.3, 0.4) is 0 Å². The number of nitrogens with two attached hydrogens (primary N) is 1. The zero-order valence-corrected chi connectivity index (χ0v) is 15.0. The van der Waals surface area contributed by atoms with Crippen molar-refractivity contribution in [2.24, 2.45) is 10.7 Å². The Morgan fingerprint density at radius 2 is 1.84 bits per heavy atom. The molecule has 134 valence electrons. The van der Waals surface area contributed by atoms with Crippen molar-refractivity contribution in [3.63, 3.8) is 0 Å². The Morgan fingerprint density at radius 3 is 2.32 bits per heavy atom. The first-order valence-electron chi connectivity index (χ1n) is 7.23. The Labute approximate surface area is 148 Å². The van der Waals surface area contributed by atoms with Crippen molar-refractivity contribution in [1.82, 2.24) is 9.97 Å². The molecule has 2 N–H and O–H groups in total. The fraction of sp³-hybridized carbons (Fsp3) is 0.312. The molecule has 1 atom stereocenters. The van der Waals surface area contributed by atoms with Crippen LogP contribution in [0.5, 0.6) is 11.5 Å². The smallest absolute Gasteiger partial charge is 0.193 e. The van der Waals surface area contributed by atoms with Gasteiger partial charge in [-0.3, -0.25) is 0 Å². The molecule has 1 heterocycles. The molecular weight excluding hydrogens is 350 g/mol. The maximum absolute atomic E-state index is 14.3. The molecule has 0 saturated carbocycles. The zero-order valence-electron chi connectivity index (χ0n) is 14.2. The van der Waals surface area contributed by atoms with Crippen molar-refractivity contribution in [3.8, 4) is 11.5 Å². The van der Waals surface area contributed by atoms with Gasteiger partial charge in [0.2, 0.25) is 0 Å². The monoisotopic (exact) mass is 368 g/mol. The van der Waals surface area contributed by atoms with Gasteiger partial charge in [0, 0.05) is 30.1 Å². The largest absolute Gasteiger partial charge is 0.493 e. The van der Waals surface area contributed by atoms with Crippen molar-refractivity contribution in [2.75, 3.05) is 20.5 Å². The van der Waals surface area contributed by atoms with Crippen LogP contribution in [0.4, 0.5) is 14.5 Å². The average molecular weight is 368 g/mol.